The minimum Gasteiger partial charge on any atom is -0.376 e. The number of rotatable bonds is 5. The lowest BCUT2D eigenvalue weighted by Gasteiger charge is -2.23. The Kier molecular flexibility index (Phi) is 5.98. The molecule has 2 aromatic rings. The molecule has 0 aromatic heterocycles. The summed E-state index contributed by atoms with van der Waals surface area (Å²) in [6.45, 7) is 1.71. The normalized spacial score (nSPS) is 17.4. The molecule has 2 N–H and O–H groups in total. The van der Waals surface area contributed by atoms with Crippen molar-refractivity contribution in [3.05, 3.63) is 59.7 Å². The van der Waals surface area contributed by atoms with Crippen LogP contribution in [0.2, 0.25) is 0 Å². The Morgan fingerprint density at radius 2 is 1.93 bits per heavy atom. The van der Waals surface area contributed by atoms with Crippen LogP contribution in [0.4, 0.5) is 24.5 Å². The zero-order chi connectivity index (χ0) is 19.3. The number of benzene rings is 2. The van der Waals surface area contributed by atoms with Gasteiger partial charge in [0.15, 0.2) is 0 Å². The molecule has 0 spiro atoms. The number of hydrogen-bond donors (Lipinski definition) is 2. The monoisotopic (exact) mass is 380 g/mol. The van der Waals surface area contributed by atoms with Crippen molar-refractivity contribution in [2.45, 2.75) is 12.3 Å². The number of amides is 1. The third kappa shape index (κ3) is 5.21. The molecule has 0 saturated carbocycles. The van der Waals surface area contributed by atoms with E-state index < -0.39 is 11.7 Å². The second-order valence-electron chi connectivity index (χ2n) is 6.03. The lowest BCUT2D eigenvalue weighted by atomic mass is 10.1. The molecular weight excluding hydrogens is 361 g/mol. The molecule has 0 bridgehead atoms. The van der Waals surface area contributed by atoms with Crippen LogP contribution in [-0.2, 0) is 15.7 Å². The summed E-state index contributed by atoms with van der Waals surface area (Å²) in [7, 11) is 0. The fourth-order valence-corrected chi connectivity index (χ4v) is 2.68. The molecule has 1 fully saturated rings. The number of carbonyl (C=O) groups excluding carboxylic acids is 1. The number of halogens is 3. The SMILES string of the molecule is O=C(NC[C@H]1COCCO1)c1ccccc1Nc1cccc(C(F)(F)F)c1. The first-order chi connectivity index (χ1) is 12.9. The van der Waals surface area contributed by atoms with E-state index in [2.05, 4.69) is 10.6 Å². The highest BCUT2D eigenvalue weighted by Crippen LogP contribution is 2.31. The van der Waals surface area contributed by atoms with Crippen molar-refractivity contribution < 1.29 is 27.4 Å². The van der Waals surface area contributed by atoms with E-state index in [1.54, 1.807) is 24.3 Å². The Labute approximate surface area is 154 Å². The number of ether oxygens (including phenoxy) is 2. The van der Waals surface area contributed by atoms with Gasteiger partial charge in [-0.1, -0.05) is 18.2 Å². The van der Waals surface area contributed by atoms with Gasteiger partial charge < -0.3 is 20.1 Å². The van der Waals surface area contributed by atoms with E-state index in [0.717, 1.165) is 12.1 Å². The Hall–Kier alpha value is -2.58. The first-order valence-corrected chi connectivity index (χ1v) is 8.44. The quantitative estimate of drug-likeness (QED) is 0.832. The maximum absolute atomic E-state index is 12.9. The lowest BCUT2D eigenvalue weighted by molar-refractivity contribution is -0.137. The zero-order valence-corrected chi connectivity index (χ0v) is 14.4. The Morgan fingerprint density at radius 3 is 2.67 bits per heavy atom. The van der Waals surface area contributed by atoms with Gasteiger partial charge in [0.1, 0.15) is 0 Å². The van der Waals surface area contributed by atoms with Crippen molar-refractivity contribution in [1.29, 1.82) is 0 Å². The van der Waals surface area contributed by atoms with E-state index in [0.29, 0.717) is 31.1 Å². The molecule has 2 aromatic carbocycles. The molecule has 1 amide bonds. The van der Waals surface area contributed by atoms with Crippen LogP contribution in [0.15, 0.2) is 48.5 Å². The van der Waals surface area contributed by atoms with Gasteiger partial charge in [-0.2, -0.15) is 13.2 Å². The molecule has 1 saturated heterocycles. The van der Waals surface area contributed by atoms with Crippen LogP contribution in [0.5, 0.6) is 0 Å². The van der Waals surface area contributed by atoms with Crippen molar-refractivity contribution in [2.24, 2.45) is 0 Å². The van der Waals surface area contributed by atoms with Crippen LogP contribution < -0.4 is 10.6 Å². The van der Waals surface area contributed by atoms with Crippen molar-refractivity contribution >= 4 is 17.3 Å². The molecule has 0 unspecified atom stereocenters. The number of hydrogen-bond acceptors (Lipinski definition) is 4. The topological polar surface area (TPSA) is 59.6 Å². The molecular formula is C19H19F3N2O3. The summed E-state index contributed by atoms with van der Waals surface area (Å²) in [6.07, 6.45) is -4.65. The maximum Gasteiger partial charge on any atom is 0.416 e. The van der Waals surface area contributed by atoms with Crippen molar-refractivity contribution in [2.75, 3.05) is 31.7 Å². The highest BCUT2D eigenvalue weighted by atomic mass is 19.4. The Morgan fingerprint density at radius 1 is 1.11 bits per heavy atom. The van der Waals surface area contributed by atoms with Gasteiger partial charge in [-0.3, -0.25) is 4.79 Å². The van der Waals surface area contributed by atoms with Crippen LogP contribution in [0.3, 0.4) is 0 Å². The van der Waals surface area contributed by atoms with Crippen LogP contribution in [0.25, 0.3) is 0 Å². The van der Waals surface area contributed by atoms with E-state index in [1.807, 2.05) is 0 Å². The molecule has 144 valence electrons. The van der Waals surface area contributed by atoms with Crippen LogP contribution in [0.1, 0.15) is 15.9 Å². The van der Waals surface area contributed by atoms with Gasteiger partial charge in [0.25, 0.3) is 5.91 Å². The van der Waals surface area contributed by atoms with Gasteiger partial charge in [0.2, 0.25) is 0 Å². The minimum absolute atomic E-state index is 0.216. The standard InChI is InChI=1S/C19H19F3N2O3/c20-19(21,22)13-4-3-5-14(10-13)24-17-7-2-1-6-16(17)18(25)23-11-15-12-26-8-9-27-15/h1-7,10,15,24H,8-9,11-12H2,(H,23,25)/t15-/m0/s1. The fourth-order valence-electron chi connectivity index (χ4n) is 2.68. The molecule has 5 nitrogen and oxygen atoms in total. The molecule has 3 rings (SSSR count). The largest absolute Gasteiger partial charge is 0.416 e. The number of alkyl halides is 3. The maximum atomic E-state index is 12.9. The molecule has 1 atom stereocenters. The van der Waals surface area contributed by atoms with E-state index in [4.69, 9.17) is 9.47 Å². The Bertz CT molecular complexity index is 790. The summed E-state index contributed by atoms with van der Waals surface area (Å²) in [5.41, 5.74) is 0.222. The van der Waals surface area contributed by atoms with Gasteiger partial charge in [0, 0.05) is 12.2 Å². The van der Waals surface area contributed by atoms with Crippen molar-refractivity contribution in [3.63, 3.8) is 0 Å². The van der Waals surface area contributed by atoms with Gasteiger partial charge in [0.05, 0.1) is 42.7 Å². The molecule has 8 heteroatoms. The summed E-state index contributed by atoms with van der Waals surface area (Å²) in [6, 6.07) is 11.4. The summed E-state index contributed by atoms with van der Waals surface area (Å²) < 4.78 is 49.4. The van der Waals surface area contributed by atoms with E-state index in [9.17, 15) is 18.0 Å². The number of para-hydroxylation sites is 1. The Balaban J connectivity index is 1.71. The number of anilines is 2. The van der Waals surface area contributed by atoms with E-state index >= 15 is 0 Å². The first kappa shape index (κ1) is 19.2. The molecule has 1 aliphatic heterocycles. The van der Waals surface area contributed by atoms with Gasteiger partial charge >= 0.3 is 6.18 Å². The predicted octanol–water partition coefficient (Wildman–Crippen LogP) is 3.59. The fraction of sp³-hybridized carbons (Fsp3) is 0.316. The summed E-state index contributed by atoms with van der Waals surface area (Å²) in [4.78, 5) is 12.5. The van der Waals surface area contributed by atoms with E-state index in [1.165, 1.54) is 12.1 Å². The predicted molar refractivity (Wildman–Crippen MR) is 94.1 cm³/mol. The zero-order valence-electron chi connectivity index (χ0n) is 14.4. The molecule has 0 aliphatic carbocycles. The van der Waals surface area contributed by atoms with Crippen molar-refractivity contribution in [3.8, 4) is 0 Å². The third-order valence-corrected chi connectivity index (χ3v) is 4.02. The van der Waals surface area contributed by atoms with Crippen LogP contribution in [-0.4, -0.2) is 38.4 Å². The van der Waals surface area contributed by atoms with Gasteiger partial charge in [-0.05, 0) is 30.3 Å². The smallest absolute Gasteiger partial charge is 0.376 e. The molecule has 1 aliphatic rings. The highest BCUT2D eigenvalue weighted by molar-refractivity contribution is 6.00. The summed E-state index contributed by atoms with van der Waals surface area (Å²) in [5, 5.41) is 5.65. The second-order valence-corrected chi connectivity index (χ2v) is 6.03. The van der Waals surface area contributed by atoms with Gasteiger partial charge in [-0.15, -0.1) is 0 Å². The van der Waals surface area contributed by atoms with Crippen LogP contribution in [0, 0.1) is 0 Å². The average Bonchev–Trinajstić information content (AvgIpc) is 2.67. The van der Waals surface area contributed by atoms with Crippen LogP contribution >= 0.6 is 0 Å². The average molecular weight is 380 g/mol. The molecule has 1 heterocycles. The highest BCUT2D eigenvalue weighted by Gasteiger charge is 2.30. The third-order valence-electron chi connectivity index (χ3n) is 4.02. The summed E-state index contributed by atoms with van der Waals surface area (Å²) in [5.74, 6) is -0.348. The van der Waals surface area contributed by atoms with Gasteiger partial charge in [-0.25, -0.2) is 0 Å². The number of carbonyl (C=O) groups is 1. The van der Waals surface area contributed by atoms with E-state index in [-0.39, 0.29) is 24.2 Å². The first-order valence-electron chi connectivity index (χ1n) is 8.44. The molecule has 0 radical (unpaired) electrons. The lowest BCUT2D eigenvalue weighted by Crippen LogP contribution is -2.39. The van der Waals surface area contributed by atoms with Crippen molar-refractivity contribution in [1.82, 2.24) is 5.32 Å². The second kappa shape index (κ2) is 8.41. The summed E-state index contributed by atoms with van der Waals surface area (Å²) >= 11 is 0. The minimum atomic E-state index is -4.43. The molecule has 27 heavy (non-hydrogen) atoms. The number of nitrogens with one attached hydrogen (secondary N) is 2.